The van der Waals surface area contributed by atoms with Gasteiger partial charge >= 0.3 is 5.97 Å². The molecule has 2 aromatic carbocycles. The Kier molecular flexibility index (Phi) is 6.26. The Balaban J connectivity index is 1.95. The molecule has 0 spiro atoms. The number of halogens is 1. The molecular formula is C24H27ClO3. The highest BCUT2D eigenvalue weighted by atomic mass is 35.5. The van der Waals surface area contributed by atoms with Crippen molar-refractivity contribution < 1.29 is 14.6 Å². The van der Waals surface area contributed by atoms with E-state index in [1.807, 2.05) is 31.2 Å². The summed E-state index contributed by atoms with van der Waals surface area (Å²) < 4.78 is 6.66. The Morgan fingerprint density at radius 1 is 1.11 bits per heavy atom. The van der Waals surface area contributed by atoms with Gasteiger partial charge in [0.05, 0.1) is 17.8 Å². The van der Waals surface area contributed by atoms with Crippen LogP contribution in [0.5, 0.6) is 0 Å². The molecule has 0 amide bonds. The number of benzene rings is 2. The molecule has 0 bridgehead atoms. The third-order valence-electron chi connectivity index (χ3n) is 5.65. The number of carboxylic acid groups (broad SMARTS) is 1. The maximum Gasteiger partial charge on any atom is 0.335 e. The minimum atomic E-state index is -0.921. The molecule has 3 rings (SSSR count). The van der Waals surface area contributed by atoms with Crippen molar-refractivity contribution in [2.75, 3.05) is 0 Å². The van der Waals surface area contributed by atoms with Gasteiger partial charge in [-0.2, -0.15) is 0 Å². The molecule has 1 saturated heterocycles. The molecule has 4 atom stereocenters. The van der Waals surface area contributed by atoms with Crippen LogP contribution in [0.4, 0.5) is 0 Å². The van der Waals surface area contributed by atoms with Crippen molar-refractivity contribution in [3.8, 4) is 0 Å². The van der Waals surface area contributed by atoms with Gasteiger partial charge in [0.25, 0.3) is 0 Å². The van der Waals surface area contributed by atoms with E-state index in [0.717, 1.165) is 22.6 Å². The highest BCUT2D eigenvalue weighted by molar-refractivity contribution is 6.30. The van der Waals surface area contributed by atoms with E-state index < -0.39 is 5.97 Å². The number of hydrogen-bond acceptors (Lipinski definition) is 2. The monoisotopic (exact) mass is 398 g/mol. The van der Waals surface area contributed by atoms with Crippen molar-refractivity contribution in [1.82, 2.24) is 0 Å². The van der Waals surface area contributed by atoms with Crippen molar-refractivity contribution in [1.29, 1.82) is 0 Å². The van der Waals surface area contributed by atoms with Crippen LogP contribution in [0.15, 0.2) is 60.7 Å². The summed E-state index contributed by atoms with van der Waals surface area (Å²) in [7, 11) is 0. The molecular weight excluding hydrogens is 372 g/mol. The lowest BCUT2D eigenvalue weighted by Crippen LogP contribution is -2.39. The SMILES string of the molecule is C=C(C)[C@H]1C[C@H](c2ccc(Cl)cc2)[C@H](C(C)C)O[C@@H]1c1ccc(C(=O)O)cc1. The quantitative estimate of drug-likeness (QED) is 0.584. The Labute approximate surface area is 172 Å². The number of carboxylic acids is 1. The summed E-state index contributed by atoms with van der Waals surface area (Å²) in [5, 5.41) is 9.90. The Hall–Kier alpha value is -2.10. The second-order valence-corrected chi connectivity index (χ2v) is 8.48. The average Bonchev–Trinajstić information content (AvgIpc) is 2.67. The standard InChI is InChI=1S/C24H27ClO3/c1-14(2)20-13-21(16-9-11-19(25)12-10-16)22(15(3)4)28-23(20)17-5-7-18(8-6-17)24(26)27/h5-12,15,20-23H,1,13H2,2-4H3,(H,26,27)/t20-,21-,22+,23-/m1/s1. The van der Waals surface area contributed by atoms with Crippen molar-refractivity contribution in [2.24, 2.45) is 11.8 Å². The predicted octanol–water partition coefficient (Wildman–Crippen LogP) is 6.50. The van der Waals surface area contributed by atoms with Gasteiger partial charge < -0.3 is 9.84 Å². The fourth-order valence-electron chi connectivity index (χ4n) is 4.13. The number of hydrogen-bond donors (Lipinski definition) is 1. The maximum atomic E-state index is 11.2. The van der Waals surface area contributed by atoms with Gasteiger partial charge in [0.2, 0.25) is 0 Å². The molecule has 0 unspecified atom stereocenters. The fourth-order valence-corrected chi connectivity index (χ4v) is 4.26. The van der Waals surface area contributed by atoms with Crippen molar-refractivity contribution >= 4 is 17.6 Å². The van der Waals surface area contributed by atoms with Crippen LogP contribution in [0.3, 0.4) is 0 Å². The van der Waals surface area contributed by atoms with Gasteiger partial charge in [-0.1, -0.05) is 61.9 Å². The minimum absolute atomic E-state index is 0.0564. The first-order chi connectivity index (χ1) is 13.3. The van der Waals surface area contributed by atoms with Crippen molar-refractivity contribution in [2.45, 2.75) is 45.3 Å². The minimum Gasteiger partial charge on any atom is -0.478 e. The Morgan fingerprint density at radius 3 is 2.18 bits per heavy atom. The number of ether oxygens (including phenoxy) is 1. The molecule has 1 heterocycles. The molecule has 148 valence electrons. The van der Waals surface area contributed by atoms with E-state index in [9.17, 15) is 4.79 Å². The van der Waals surface area contributed by atoms with Crippen LogP contribution in [0.25, 0.3) is 0 Å². The first-order valence-electron chi connectivity index (χ1n) is 9.67. The lowest BCUT2D eigenvalue weighted by atomic mass is 9.73. The molecule has 1 aliphatic rings. The maximum absolute atomic E-state index is 11.2. The van der Waals surface area contributed by atoms with E-state index in [4.69, 9.17) is 21.4 Å². The van der Waals surface area contributed by atoms with Gasteiger partial charge in [0.1, 0.15) is 0 Å². The van der Waals surface area contributed by atoms with E-state index in [-0.39, 0.29) is 29.6 Å². The summed E-state index contributed by atoms with van der Waals surface area (Å²) in [5.74, 6) is -0.164. The Morgan fingerprint density at radius 2 is 1.68 bits per heavy atom. The molecule has 4 heteroatoms. The van der Waals surface area contributed by atoms with E-state index >= 15 is 0 Å². The summed E-state index contributed by atoms with van der Waals surface area (Å²) in [6.07, 6.45) is 0.864. The average molecular weight is 399 g/mol. The topological polar surface area (TPSA) is 46.5 Å². The zero-order chi connectivity index (χ0) is 20.4. The second-order valence-electron chi connectivity index (χ2n) is 8.04. The van der Waals surface area contributed by atoms with Crippen LogP contribution in [-0.4, -0.2) is 17.2 Å². The normalized spacial score (nSPS) is 24.9. The van der Waals surface area contributed by atoms with E-state index in [1.54, 1.807) is 12.1 Å². The first kappa shape index (κ1) is 20.6. The van der Waals surface area contributed by atoms with Gasteiger partial charge in [0.15, 0.2) is 0 Å². The lowest BCUT2D eigenvalue weighted by Gasteiger charge is -2.44. The van der Waals surface area contributed by atoms with Crippen LogP contribution in [-0.2, 0) is 4.74 Å². The summed E-state index contributed by atoms with van der Waals surface area (Å²) in [5.41, 5.74) is 3.59. The van der Waals surface area contributed by atoms with Gasteiger partial charge in [-0.05, 0) is 54.7 Å². The van der Waals surface area contributed by atoms with Crippen molar-refractivity contribution in [3.63, 3.8) is 0 Å². The van der Waals surface area contributed by atoms with E-state index in [2.05, 4.69) is 32.6 Å². The van der Waals surface area contributed by atoms with Gasteiger partial charge in [-0.15, -0.1) is 0 Å². The molecule has 0 radical (unpaired) electrons. The number of aromatic carboxylic acids is 1. The molecule has 1 aliphatic heterocycles. The highest BCUT2D eigenvalue weighted by Gasteiger charge is 2.40. The van der Waals surface area contributed by atoms with E-state index in [1.165, 1.54) is 5.56 Å². The molecule has 2 aromatic rings. The molecule has 0 aromatic heterocycles. The van der Waals surface area contributed by atoms with Crippen LogP contribution < -0.4 is 0 Å². The predicted molar refractivity (Wildman–Crippen MR) is 113 cm³/mol. The van der Waals surface area contributed by atoms with Crippen LogP contribution in [0.1, 0.15) is 60.7 Å². The third kappa shape index (κ3) is 4.31. The number of rotatable bonds is 5. The highest BCUT2D eigenvalue weighted by Crippen LogP contribution is 2.48. The summed E-state index contributed by atoms with van der Waals surface area (Å²) in [6, 6.07) is 15.1. The third-order valence-corrected chi connectivity index (χ3v) is 5.90. The lowest BCUT2D eigenvalue weighted by molar-refractivity contribution is -0.108. The smallest absolute Gasteiger partial charge is 0.335 e. The second kappa shape index (κ2) is 8.50. The molecule has 1 fully saturated rings. The molecule has 28 heavy (non-hydrogen) atoms. The summed E-state index contributed by atoms with van der Waals surface area (Å²) in [4.78, 5) is 11.2. The fraction of sp³-hybridized carbons (Fsp3) is 0.375. The van der Waals surface area contributed by atoms with Crippen LogP contribution in [0.2, 0.25) is 5.02 Å². The first-order valence-corrected chi connectivity index (χ1v) is 10.0. The molecule has 0 saturated carbocycles. The number of carbonyl (C=O) groups is 1. The summed E-state index contributed by atoms with van der Waals surface area (Å²) >= 11 is 6.08. The summed E-state index contributed by atoms with van der Waals surface area (Å²) in [6.45, 7) is 10.6. The largest absolute Gasteiger partial charge is 0.478 e. The van der Waals surface area contributed by atoms with Crippen molar-refractivity contribution in [3.05, 3.63) is 82.4 Å². The van der Waals surface area contributed by atoms with Gasteiger partial charge in [0, 0.05) is 16.9 Å². The molecule has 3 nitrogen and oxygen atoms in total. The van der Waals surface area contributed by atoms with Crippen LogP contribution >= 0.6 is 11.6 Å². The van der Waals surface area contributed by atoms with Gasteiger partial charge in [-0.25, -0.2) is 4.79 Å². The zero-order valence-electron chi connectivity index (χ0n) is 16.6. The molecule has 1 N–H and O–H groups in total. The molecule has 0 aliphatic carbocycles. The van der Waals surface area contributed by atoms with Crippen LogP contribution in [0, 0.1) is 11.8 Å². The van der Waals surface area contributed by atoms with Gasteiger partial charge in [-0.3, -0.25) is 0 Å². The van der Waals surface area contributed by atoms with E-state index in [0.29, 0.717) is 5.92 Å². The Bertz CT molecular complexity index is 839. The zero-order valence-corrected chi connectivity index (χ0v) is 17.3.